The number of halogens is 1. The lowest BCUT2D eigenvalue weighted by Gasteiger charge is -2.34. The second-order valence-corrected chi connectivity index (χ2v) is 8.28. The first kappa shape index (κ1) is 25.7. The molecule has 2 aromatic carbocycles. The van der Waals surface area contributed by atoms with Crippen molar-refractivity contribution in [1.82, 2.24) is 10.2 Å². The number of nitrogens with zero attached hydrogens (tertiary/aromatic N) is 2. The van der Waals surface area contributed by atoms with Crippen LogP contribution >= 0.6 is 0 Å². The number of carbonyl (C=O) groups is 2. The Balaban J connectivity index is 1.54. The lowest BCUT2D eigenvalue weighted by Crippen LogP contribution is -2.48. The van der Waals surface area contributed by atoms with Gasteiger partial charge in [0.2, 0.25) is 5.91 Å². The number of hydrogen-bond donors (Lipinski definition) is 2. The van der Waals surface area contributed by atoms with Crippen molar-refractivity contribution in [3.05, 3.63) is 65.5 Å². The molecule has 0 aromatic heterocycles. The molecule has 8 nitrogen and oxygen atoms in total. The number of ether oxygens (including phenoxy) is 2. The first-order valence-electron chi connectivity index (χ1n) is 11.3. The van der Waals surface area contributed by atoms with Gasteiger partial charge in [0.1, 0.15) is 23.4 Å². The largest absolute Gasteiger partial charge is 0.496 e. The molecule has 1 aliphatic heterocycles. The van der Waals surface area contributed by atoms with Crippen LogP contribution < -0.4 is 14.8 Å². The summed E-state index contributed by atoms with van der Waals surface area (Å²) < 4.78 is 24.2. The predicted molar refractivity (Wildman–Crippen MR) is 127 cm³/mol. The molecule has 35 heavy (non-hydrogen) atoms. The van der Waals surface area contributed by atoms with Crippen LogP contribution in [0.3, 0.4) is 0 Å². The highest BCUT2D eigenvalue weighted by molar-refractivity contribution is 5.92. The molecule has 2 aromatic rings. The van der Waals surface area contributed by atoms with Gasteiger partial charge in [-0.25, -0.2) is 4.39 Å². The molecular formula is C26H28FN3O5. The second-order valence-electron chi connectivity index (χ2n) is 8.28. The van der Waals surface area contributed by atoms with E-state index < -0.39 is 17.9 Å². The average molecular weight is 482 g/mol. The normalized spacial score (nSPS) is 15.3. The minimum atomic E-state index is -1.00. The van der Waals surface area contributed by atoms with Crippen molar-refractivity contribution in [2.45, 2.75) is 31.4 Å². The van der Waals surface area contributed by atoms with E-state index in [9.17, 15) is 19.1 Å². The Bertz CT molecular complexity index is 1090. The molecule has 1 fully saturated rings. The number of benzene rings is 2. The van der Waals surface area contributed by atoms with Gasteiger partial charge in [-0.3, -0.25) is 9.59 Å². The summed E-state index contributed by atoms with van der Waals surface area (Å²) in [6.07, 6.45) is 4.09. The van der Waals surface area contributed by atoms with Gasteiger partial charge >= 0.3 is 5.97 Å². The van der Waals surface area contributed by atoms with Crippen molar-refractivity contribution >= 4 is 18.0 Å². The zero-order valence-corrected chi connectivity index (χ0v) is 19.4. The van der Waals surface area contributed by atoms with Gasteiger partial charge in [0, 0.05) is 31.3 Å². The molecule has 1 heterocycles. The summed E-state index contributed by atoms with van der Waals surface area (Å²) in [4.78, 5) is 26.0. The Labute approximate surface area is 203 Å². The molecule has 2 N–H and O–H groups in total. The summed E-state index contributed by atoms with van der Waals surface area (Å²) >= 11 is 0. The molecule has 0 saturated carbocycles. The van der Waals surface area contributed by atoms with Crippen LogP contribution in [0.15, 0.2) is 48.5 Å². The maximum atomic E-state index is 13.1. The molecule has 0 aliphatic carbocycles. The number of carbonyl (C=O) groups excluding carboxylic acids is 1. The monoisotopic (exact) mass is 481 g/mol. The standard InChI is InChI=1S/C26H28FN3O5/c1-34-24-8-2-18(16-28)14-19(24)3-9-25(31)29-21(15-26(32)33)17-30-12-10-23(11-13-30)35-22-6-4-20(27)5-7-22/h2-9,14,21,23H,10-13,15,17H2,1H3,(H,29,31)(H,32,33)/t21-/m1/s1. The number of rotatable bonds is 10. The van der Waals surface area contributed by atoms with Gasteiger partial charge in [-0.15, -0.1) is 0 Å². The van der Waals surface area contributed by atoms with E-state index in [4.69, 9.17) is 14.7 Å². The van der Waals surface area contributed by atoms with Gasteiger partial charge in [0.25, 0.3) is 0 Å². The Hall–Kier alpha value is -3.90. The topological polar surface area (TPSA) is 112 Å². The highest BCUT2D eigenvalue weighted by Gasteiger charge is 2.24. The average Bonchev–Trinajstić information content (AvgIpc) is 2.84. The third kappa shape index (κ3) is 8.12. The molecule has 1 saturated heterocycles. The Morgan fingerprint density at radius 3 is 2.60 bits per heavy atom. The van der Waals surface area contributed by atoms with Crippen molar-refractivity contribution in [1.29, 1.82) is 5.26 Å². The minimum Gasteiger partial charge on any atom is -0.496 e. The third-order valence-corrected chi connectivity index (χ3v) is 5.67. The molecule has 1 amide bonds. The third-order valence-electron chi connectivity index (χ3n) is 5.67. The van der Waals surface area contributed by atoms with Crippen molar-refractivity contribution in [3.8, 4) is 17.6 Å². The van der Waals surface area contributed by atoms with Crippen LogP contribution in [0.4, 0.5) is 4.39 Å². The molecule has 1 atom stereocenters. The second kappa shape index (κ2) is 12.5. The Kier molecular flexibility index (Phi) is 9.21. The molecule has 3 rings (SSSR count). The van der Waals surface area contributed by atoms with Crippen LogP contribution in [0.5, 0.6) is 11.5 Å². The fraction of sp³-hybridized carbons (Fsp3) is 0.346. The van der Waals surface area contributed by atoms with E-state index in [-0.39, 0.29) is 18.3 Å². The zero-order valence-electron chi connectivity index (χ0n) is 19.4. The van der Waals surface area contributed by atoms with Crippen LogP contribution in [-0.4, -0.2) is 60.8 Å². The van der Waals surface area contributed by atoms with Crippen molar-refractivity contribution < 1.29 is 28.6 Å². The fourth-order valence-corrected chi connectivity index (χ4v) is 3.95. The van der Waals surface area contributed by atoms with Crippen molar-refractivity contribution in [2.24, 2.45) is 0 Å². The number of nitrogens with one attached hydrogen (secondary N) is 1. The predicted octanol–water partition coefficient (Wildman–Crippen LogP) is 3.22. The number of likely N-dealkylation sites (tertiary alicyclic amines) is 1. The smallest absolute Gasteiger partial charge is 0.305 e. The number of hydrogen-bond acceptors (Lipinski definition) is 6. The molecule has 9 heteroatoms. The van der Waals surface area contributed by atoms with Crippen LogP contribution in [0.1, 0.15) is 30.4 Å². The lowest BCUT2D eigenvalue weighted by atomic mass is 10.1. The molecule has 184 valence electrons. The SMILES string of the molecule is COc1ccc(C#N)cc1C=CC(=O)N[C@H](CC(=O)O)CN1CCC(Oc2ccc(F)cc2)CC1. The van der Waals surface area contributed by atoms with Crippen LogP contribution in [-0.2, 0) is 9.59 Å². The van der Waals surface area contributed by atoms with Gasteiger partial charge in [0.05, 0.1) is 31.2 Å². The Morgan fingerprint density at radius 2 is 1.97 bits per heavy atom. The molecule has 1 aliphatic rings. The van der Waals surface area contributed by atoms with Gasteiger partial charge in [0.15, 0.2) is 0 Å². The van der Waals surface area contributed by atoms with Gasteiger partial charge < -0.3 is 24.8 Å². The van der Waals surface area contributed by atoms with Crippen LogP contribution in [0.25, 0.3) is 6.08 Å². The van der Waals surface area contributed by atoms with Crippen LogP contribution in [0, 0.1) is 17.1 Å². The maximum Gasteiger partial charge on any atom is 0.305 e. The fourth-order valence-electron chi connectivity index (χ4n) is 3.95. The Morgan fingerprint density at radius 1 is 1.26 bits per heavy atom. The van der Waals surface area contributed by atoms with Crippen molar-refractivity contribution in [3.63, 3.8) is 0 Å². The summed E-state index contributed by atoms with van der Waals surface area (Å²) in [5.74, 6) is -0.624. The number of methoxy groups -OCH3 is 1. The van der Waals surface area contributed by atoms with Crippen molar-refractivity contribution in [2.75, 3.05) is 26.7 Å². The number of carboxylic acid groups (broad SMARTS) is 1. The number of nitriles is 1. The zero-order chi connectivity index (χ0) is 25.2. The quantitative estimate of drug-likeness (QED) is 0.501. The van der Waals surface area contributed by atoms with E-state index in [1.54, 1.807) is 30.3 Å². The van der Waals surface area contributed by atoms with Gasteiger partial charge in [-0.2, -0.15) is 5.26 Å². The van der Waals surface area contributed by atoms with E-state index in [0.29, 0.717) is 42.3 Å². The highest BCUT2D eigenvalue weighted by atomic mass is 19.1. The maximum absolute atomic E-state index is 13.1. The summed E-state index contributed by atoms with van der Waals surface area (Å²) in [7, 11) is 1.50. The first-order chi connectivity index (χ1) is 16.9. The molecule has 0 bridgehead atoms. The van der Waals surface area contributed by atoms with E-state index in [0.717, 1.165) is 12.8 Å². The van der Waals surface area contributed by atoms with E-state index >= 15 is 0 Å². The molecular weight excluding hydrogens is 453 g/mol. The lowest BCUT2D eigenvalue weighted by molar-refractivity contribution is -0.137. The summed E-state index contributed by atoms with van der Waals surface area (Å²) in [6, 6.07) is 12.2. The van der Waals surface area contributed by atoms with E-state index in [2.05, 4.69) is 10.2 Å². The summed E-state index contributed by atoms with van der Waals surface area (Å²) in [6.45, 7) is 1.76. The highest BCUT2D eigenvalue weighted by Crippen LogP contribution is 2.22. The minimum absolute atomic E-state index is 0.00804. The van der Waals surface area contributed by atoms with Gasteiger partial charge in [-0.1, -0.05) is 0 Å². The number of amides is 1. The summed E-state index contributed by atoms with van der Waals surface area (Å²) in [5, 5.41) is 21.2. The van der Waals surface area contributed by atoms with Crippen LogP contribution in [0.2, 0.25) is 0 Å². The number of piperidine rings is 1. The number of carboxylic acids is 1. The number of aliphatic carboxylic acids is 1. The molecule has 0 spiro atoms. The van der Waals surface area contributed by atoms with Gasteiger partial charge in [-0.05, 0) is 61.4 Å². The first-order valence-corrected chi connectivity index (χ1v) is 11.3. The van der Waals surface area contributed by atoms with E-state index in [1.165, 1.54) is 31.4 Å². The summed E-state index contributed by atoms with van der Waals surface area (Å²) in [5.41, 5.74) is 1.00. The molecule has 0 radical (unpaired) electrons. The molecule has 0 unspecified atom stereocenters. The van der Waals surface area contributed by atoms with E-state index in [1.807, 2.05) is 6.07 Å².